The number of hydrogen-bond donors (Lipinski definition) is 2. The number of methoxy groups -OCH3 is 1. The van der Waals surface area contributed by atoms with Crippen molar-refractivity contribution >= 4 is 27.8 Å². The molecule has 0 aliphatic carbocycles. The first-order valence-corrected chi connectivity index (χ1v) is 15.2. The number of nitrogens with one attached hydrogen (secondary N) is 1. The molecule has 0 bridgehead atoms. The number of alkyl halides is 6. The van der Waals surface area contributed by atoms with Crippen molar-refractivity contribution in [3.05, 3.63) is 140 Å². The first-order valence-electron chi connectivity index (χ1n) is 15.2. The van der Waals surface area contributed by atoms with Gasteiger partial charge in [0.2, 0.25) is 0 Å². The normalized spacial score (nSPS) is 12.7. The zero-order valence-electron chi connectivity index (χ0n) is 26.4. The summed E-state index contributed by atoms with van der Waals surface area (Å²) in [4.78, 5) is 30.3. The van der Waals surface area contributed by atoms with Gasteiger partial charge in [-0.25, -0.2) is 4.79 Å². The highest BCUT2D eigenvalue weighted by Crippen LogP contribution is 2.42. The number of halogens is 6. The van der Waals surface area contributed by atoms with E-state index < -0.39 is 53.1 Å². The molecule has 0 saturated carbocycles. The van der Waals surface area contributed by atoms with Gasteiger partial charge >= 0.3 is 18.3 Å². The predicted molar refractivity (Wildman–Crippen MR) is 174 cm³/mol. The van der Waals surface area contributed by atoms with Gasteiger partial charge in [-0.3, -0.25) is 4.79 Å². The number of aromatic amines is 1. The smallest absolute Gasteiger partial charge is 0.416 e. The van der Waals surface area contributed by atoms with Gasteiger partial charge in [0.25, 0.3) is 5.56 Å². The molecule has 2 heterocycles. The minimum absolute atomic E-state index is 0.0461. The molecule has 13 heteroatoms. The summed E-state index contributed by atoms with van der Waals surface area (Å²) in [5, 5.41) is 12.8. The lowest BCUT2D eigenvalue weighted by Gasteiger charge is -2.22. The summed E-state index contributed by atoms with van der Waals surface area (Å²) >= 11 is 0. The second-order valence-corrected chi connectivity index (χ2v) is 11.6. The molecule has 0 spiro atoms. The number of H-pyrrole nitrogens is 1. The van der Waals surface area contributed by atoms with E-state index in [2.05, 4.69) is 4.98 Å². The van der Waals surface area contributed by atoms with E-state index in [1.807, 2.05) is 0 Å². The lowest BCUT2D eigenvalue weighted by atomic mass is 9.85. The topological polar surface area (TPSA) is 93.5 Å². The van der Waals surface area contributed by atoms with Crippen LogP contribution in [-0.2, 0) is 30.6 Å². The van der Waals surface area contributed by atoms with Gasteiger partial charge in [0.15, 0.2) is 0 Å². The summed E-state index contributed by atoms with van der Waals surface area (Å²) in [6.45, 7) is -0.442. The molecule has 4 aromatic carbocycles. The number of esters is 1. The van der Waals surface area contributed by atoms with E-state index in [4.69, 9.17) is 9.47 Å². The van der Waals surface area contributed by atoms with Crippen LogP contribution in [0.4, 0.5) is 26.3 Å². The van der Waals surface area contributed by atoms with E-state index in [-0.39, 0.29) is 23.8 Å². The molecule has 258 valence electrons. The number of aromatic nitrogens is 2. The quantitative estimate of drug-likeness (QED) is 0.123. The van der Waals surface area contributed by atoms with Gasteiger partial charge < -0.3 is 24.1 Å². The Hall–Kier alpha value is -5.72. The fraction of sp³-hybridized carbons (Fsp3) is 0.189. The van der Waals surface area contributed by atoms with E-state index in [0.717, 1.165) is 0 Å². The summed E-state index contributed by atoms with van der Waals surface area (Å²) in [5.41, 5.74) is -1.92. The Balaban J connectivity index is 1.45. The van der Waals surface area contributed by atoms with Gasteiger partial charge in [-0.15, -0.1) is 0 Å². The maximum absolute atomic E-state index is 14.0. The highest BCUT2D eigenvalue weighted by molar-refractivity contribution is 5.90. The number of fused-ring (bicyclic) bond motifs is 2. The number of aryl methyl sites for hydroxylation is 1. The van der Waals surface area contributed by atoms with E-state index in [1.165, 1.54) is 11.7 Å². The number of rotatable bonds is 8. The highest BCUT2D eigenvalue weighted by atomic mass is 19.4. The summed E-state index contributed by atoms with van der Waals surface area (Å²) in [6.07, 6.45) is -10.3. The molecule has 2 N–H and O–H groups in total. The molecule has 0 aliphatic heterocycles. The van der Waals surface area contributed by atoms with Crippen molar-refractivity contribution < 1.29 is 45.7 Å². The molecular formula is C37H28F6N2O5. The zero-order chi connectivity index (χ0) is 36.0. The summed E-state index contributed by atoms with van der Waals surface area (Å²) in [6, 6.07) is 21.3. The van der Waals surface area contributed by atoms with Crippen LogP contribution in [0.3, 0.4) is 0 Å². The largest absolute Gasteiger partial charge is 0.507 e. The Morgan fingerprint density at radius 1 is 0.860 bits per heavy atom. The number of benzene rings is 4. The minimum Gasteiger partial charge on any atom is -0.507 e. The van der Waals surface area contributed by atoms with E-state index in [1.54, 1.807) is 79.8 Å². The van der Waals surface area contributed by atoms with Gasteiger partial charge in [-0.1, -0.05) is 42.5 Å². The Morgan fingerprint density at radius 3 is 2.08 bits per heavy atom. The average Bonchev–Trinajstić information content (AvgIpc) is 3.46. The maximum atomic E-state index is 14.0. The lowest BCUT2D eigenvalue weighted by Crippen LogP contribution is -2.25. The standard InChI is InChI=1S/C37H28F6N2O5/c1-45-29-10-6-4-8-27(29)33(46)31(34(45)47)30(20-11-13-24(49-2)14-12-20)32-26(25-7-3-5-9-28(25)44-32)15-16-50-35(48)21-17-22(36(38,39)40)19-23(18-21)37(41,42)43/h3-14,17-19,30,44,46H,15-16H2,1-2H3. The van der Waals surface area contributed by atoms with E-state index in [0.29, 0.717) is 56.5 Å². The molecule has 0 radical (unpaired) electrons. The average molecular weight is 695 g/mol. The van der Waals surface area contributed by atoms with Gasteiger partial charge in [0, 0.05) is 35.5 Å². The van der Waals surface area contributed by atoms with E-state index >= 15 is 0 Å². The van der Waals surface area contributed by atoms with Gasteiger partial charge in [0.05, 0.1) is 47.4 Å². The SMILES string of the molecule is COc1ccc(C(c2[nH]c3ccccc3c2CCOC(=O)c2cc(C(F)(F)F)cc(C(F)(F)F)c2)c2c(O)c3ccccc3n(C)c2=O)cc1. The van der Waals surface area contributed by atoms with Crippen LogP contribution in [-0.4, -0.2) is 34.3 Å². The Bertz CT molecular complexity index is 2260. The van der Waals surface area contributed by atoms with Crippen LogP contribution in [0, 0.1) is 0 Å². The molecule has 6 rings (SSSR count). The number of carbonyl (C=O) groups is 1. The summed E-state index contributed by atoms with van der Waals surface area (Å²) in [7, 11) is 3.08. The Labute approximate surface area is 280 Å². The highest BCUT2D eigenvalue weighted by Gasteiger charge is 2.38. The zero-order valence-corrected chi connectivity index (χ0v) is 26.4. The number of pyridine rings is 1. The maximum Gasteiger partial charge on any atom is 0.416 e. The van der Waals surface area contributed by atoms with Crippen molar-refractivity contribution in [1.82, 2.24) is 9.55 Å². The third-order valence-corrected chi connectivity index (χ3v) is 8.59. The van der Waals surface area contributed by atoms with Gasteiger partial charge in [-0.2, -0.15) is 26.3 Å². The second kappa shape index (κ2) is 13.0. The van der Waals surface area contributed by atoms with Crippen LogP contribution in [0.5, 0.6) is 11.5 Å². The molecule has 50 heavy (non-hydrogen) atoms. The van der Waals surface area contributed by atoms with Crippen molar-refractivity contribution in [2.45, 2.75) is 24.7 Å². The number of ether oxygens (including phenoxy) is 2. The number of nitrogens with zero attached hydrogens (tertiary/aromatic N) is 1. The first-order chi connectivity index (χ1) is 23.7. The van der Waals surface area contributed by atoms with Crippen molar-refractivity contribution in [3.8, 4) is 11.5 Å². The molecule has 0 amide bonds. The summed E-state index contributed by atoms with van der Waals surface area (Å²) < 4.78 is 92.6. The van der Waals surface area contributed by atoms with Crippen LogP contribution < -0.4 is 10.3 Å². The van der Waals surface area contributed by atoms with Crippen LogP contribution in [0.2, 0.25) is 0 Å². The Morgan fingerprint density at radius 2 is 1.46 bits per heavy atom. The Kier molecular flexibility index (Phi) is 8.85. The van der Waals surface area contributed by atoms with Crippen molar-refractivity contribution in [3.63, 3.8) is 0 Å². The number of para-hydroxylation sites is 2. The lowest BCUT2D eigenvalue weighted by molar-refractivity contribution is -0.143. The number of hydrogen-bond acceptors (Lipinski definition) is 5. The monoisotopic (exact) mass is 694 g/mol. The van der Waals surface area contributed by atoms with Crippen molar-refractivity contribution in [1.29, 1.82) is 0 Å². The molecule has 0 saturated heterocycles. The molecule has 0 fully saturated rings. The van der Waals surface area contributed by atoms with E-state index in [9.17, 15) is 41.0 Å². The molecule has 1 atom stereocenters. The molecule has 1 unspecified atom stereocenters. The first kappa shape index (κ1) is 34.2. The number of aromatic hydroxyl groups is 1. The minimum atomic E-state index is -5.14. The molecule has 6 aromatic rings. The third-order valence-electron chi connectivity index (χ3n) is 8.59. The van der Waals surface area contributed by atoms with Gasteiger partial charge in [0.1, 0.15) is 11.5 Å². The molecule has 2 aromatic heterocycles. The van der Waals surface area contributed by atoms with Crippen LogP contribution >= 0.6 is 0 Å². The van der Waals surface area contributed by atoms with Crippen LogP contribution in [0.15, 0.2) is 95.8 Å². The molecular weight excluding hydrogens is 666 g/mol. The predicted octanol–water partition coefficient (Wildman–Crippen LogP) is 8.35. The van der Waals surface area contributed by atoms with Crippen molar-refractivity contribution in [2.24, 2.45) is 7.05 Å². The molecule has 7 nitrogen and oxygen atoms in total. The van der Waals surface area contributed by atoms with Crippen LogP contribution in [0.1, 0.15) is 49.8 Å². The van der Waals surface area contributed by atoms with Crippen molar-refractivity contribution in [2.75, 3.05) is 13.7 Å². The van der Waals surface area contributed by atoms with Gasteiger partial charge in [-0.05, 0) is 59.7 Å². The van der Waals surface area contributed by atoms with Crippen LogP contribution in [0.25, 0.3) is 21.8 Å². The summed E-state index contributed by atoms with van der Waals surface area (Å²) in [5.74, 6) is -2.00. The molecule has 0 aliphatic rings. The second-order valence-electron chi connectivity index (χ2n) is 11.6. The third kappa shape index (κ3) is 6.38. The number of carbonyl (C=O) groups excluding carboxylic acids is 1. The fourth-order valence-electron chi connectivity index (χ4n) is 6.18. The fourth-order valence-corrected chi connectivity index (χ4v) is 6.18.